The molecule has 0 spiro atoms. The van der Waals surface area contributed by atoms with Crippen LogP contribution >= 0.6 is 0 Å². The topological polar surface area (TPSA) is 76.5 Å². The average molecular weight is 271 g/mol. The minimum atomic E-state index is -1.24. The molecule has 0 atom stereocenters. The number of aromatic nitrogens is 1. The van der Waals surface area contributed by atoms with Crippen LogP contribution in [-0.4, -0.2) is 29.0 Å². The van der Waals surface area contributed by atoms with Gasteiger partial charge in [-0.3, -0.25) is 4.79 Å². The van der Waals surface area contributed by atoms with E-state index in [0.29, 0.717) is 11.3 Å². The molecule has 0 bridgehead atoms. The number of ketones is 1. The monoisotopic (exact) mass is 271 g/mol. The summed E-state index contributed by atoms with van der Waals surface area (Å²) in [7, 11) is 1.47. The van der Waals surface area contributed by atoms with Crippen molar-refractivity contribution in [2.45, 2.75) is 6.92 Å². The van der Waals surface area contributed by atoms with Gasteiger partial charge in [0.25, 0.3) is 0 Å². The van der Waals surface area contributed by atoms with Gasteiger partial charge in [-0.1, -0.05) is 6.07 Å². The minimum Gasteiger partial charge on any atom is -0.496 e. The molecule has 5 heteroatoms. The Balaban J connectivity index is 2.55. The van der Waals surface area contributed by atoms with Crippen molar-refractivity contribution in [3.63, 3.8) is 0 Å². The third kappa shape index (κ3) is 2.51. The molecule has 0 unspecified atom stereocenters. The Labute approximate surface area is 115 Å². The highest BCUT2D eigenvalue weighted by Gasteiger charge is 2.21. The molecular formula is C15H13NO4. The zero-order chi connectivity index (χ0) is 14.7. The SMILES string of the molecule is COc1cc(C)ccc1C(=O)c1cccnc1C(=O)O. The predicted octanol–water partition coefficient (Wildman–Crippen LogP) is 2.33. The van der Waals surface area contributed by atoms with Crippen molar-refractivity contribution in [2.24, 2.45) is 0 Å². The molecule has 1 N–H and O–H groups in total. The number of carboxylic acid groups (broad SMARTS) is 1. The first kappa shape index (κ1) is 13.7. The molecule has 20 heavy (non-hydrogen) atoms. The number of hydrogen-bond donors (Lipinski definition) is 1. The zero-order valence-corrected chi connectivity index (χ0v) is 11.1. The van der Waals surface area contributed by atoms with Gasteiger partial charge >= 0.3 is 5.97 Å². The third-order valence-electron chi connectivity index (χ3n) is 2.86. The van der Waals surface area contributed by atoms with Crippen LogP contribution in [0, 0.1) is 6.92 Å². The lowest BCUT2D eigenvalue weighted by atomic mass is 10.00. The van der Waals surface area contributed by atoms with Crippen LogP contribution in [0.1, 0.15) is 32.0 Å². The number of ether oxygens (including phenoxy) is 1. The largest absolute Gasteiger partial charge is 0.496 e. The van der Waals surface area contributed by atoms with Gasteiger partial charge in [0.15, 0.2) is 11.5 Å². The van der Waals surface area contributed by atoms with Crippen LogP contribution in [0.2, 0.25) is 0 Å². The van der Waals surface area contributed by atoms with Gasteiger partial charge in [0.2, 0.25) is 0 Å². The molecule has 0 aliphatic carbocycles. The van der Waals surface area contributed by atoms with Crippen LogP contribution in [0.3, 0.4) is 0 Å². The van der Waals surface area contributed by atoms with Gasteiger partial charge in [-0.05, 0) is 36.8 Å². The van der Waals surface area contributed by atoms with E-state index >= 15 is 0 Å². The summed E-state index contributed by atoms with van der Waals surface area (Å²) in [5.74, 6) is -1.25. The Hall–Kier alpha value is -2.69. The number of aromatic carboxylic acids is 1. The van der Waals surface area contributed by atoms with Crippen molar-refractivity contribution < 1.29 is 19.4 Å². The number of carbonyl (C=O) groups is 2. The summed E-state index contributed by atoms with van der Waals surface area (Å²) in [5.41, 5.74) is 1.04. The van der Waals surface area contributed by atoms with E-state index in [9.17, 15) is 9.59 Å². The highest BCUT2D eigenvalue weighted by atomic mass is 16.5. The van der Waals surface area contributed by atoms with E-state index in [-0.39, 0.29) is 11.3 Å². The number of carbonyl (C=O) groups excluding carboxylic acids is 1. The van der Waals surface area contributed by atoms with Crippen LogP contribution in [0.15, 0.2) is 36.5 Å². The molecule has 0 aliphatic rings. The van der Waals surface area contributed by atoms with Crippen molar-refractivity contribution in [3.8, 4) is 5.75 Å². The maximum atomic E-state index is 12.5. The fourth-order valence-electron chi connectivity index (χ4n) is 1.89. The maximum Gasteiger partial charge on any atom is 0.355 e. The zero-order valence-electron chi connectivity index (χ0n) is 11.1. The van der Waals surface area contributed by atoms with E-state index in [1.807, 2.05) is 6.92 Å². The van der Waals surface area contributed by atoms with E-state index in [2.05, 4.69) is 4.98 Å². The van der Waals surface area contributed by atoms with Crippen LogP contribution in [0.4, 0.5) is 0 Å². The lowest BCUT2D eigenvalue weighted by Gasteiger charge is -2.09. The number of aryl methyl sites for hydroxylation is 1. The Bertz CT molecular complexity index is 679. The number of pyridine rings is 1. The summed E-state index contributed by atoms with van der Waals surface area (Å²) in [6, 6.07) is 8.09. The van der Waals surface area contributed by atoms with Crippen molar-refractivity contribution >= 4 is 11.8 Å². The second-order valence-corrected chi connectivity index (χ2v) is 4.24. The normalized spacial score (nSPS) is 10.1. The quantitative estimate of drug-likeness (QED) is 0.863. The minimum absolute atomic E-state index is 0.0437. The summed E-state index contributed by atoms with van der Waals surface area (Å²) in [6.07, 6.45) is 1.34. The van der Waals surface area contributed by atoms with E-state index in [1.54, 1.807) is 18.2 Å². The predicted molar refractivity (Wildman–Crippen MR) is 72.4 cm³/mol. The molecule has 0 saturated heterocycles. The molecule has 0 saturated carbocycles. The summed E-state index contributed by atoms with van der Waals surface area (Å²) < 4.78 is 5.18. The van der Waals surface area contributed by atoms with Crippen LogP contribution < -0.4 is 4.74 Å². The van der Waals surface area contributed by atoms with E-state index in [1.165, 1.54) is 25.4 Å². The van der Waals surface area contributed by atoms with Gasteiger partial charge in [0.05, 0.1) is 18.2 Å². The molecule has 2 rings (SSSR count). The van der Waals surface area contributed by atoms with Gasteiger partial charge in [-0.25, -0.2) is 9.78 Å². The van der Waals surface area contributed by atoms with Crippen LogP contribution in [0.25, 0.3) is 0 Å². The highest BCUT2D eigenvalue weighted by Crippen LogP contribution is 2.23. The van der Waals surface area contributed by atoms with Gasteiger partial charge in [-0.2, -0.15) is 0 Å². The highest BCUT2D eigenvalue weighted by molar-refractivity contribution is 6.14. The van der Waals surface area contributed by atoms with E-state index in [4.69, 9.17) is 9.84 Å². The van der Waals surface area contributed by atoms with Crippen LogP contribution in [-0.2, 0) is 0 Å². The molecule has 1 aromatic carbocycles. The molecule has 1 aromatic heterocycles. The number of hydrogen-bond acceptors (Lipinski definition) is 4. The van der Waals surface area contributed by atoms with Crippen molar-refractivity contribution in [3.05, 3.63) is 58.9 Å². The summed E-state index contributed by atoms with van der Waals surface area (Å²) in [5, 5.41) is 9.09. The summed E-state index contributed by atoms with van der Waals surface area (Å²) >= 11 is 0. The molecule has 2 aromatic rings. The molecule has 102 valence electrons. The van der Waals surface area contributed by atoms with Gasteiger partial charge in [0.1, 0.15) is 5.75 Å². The fraction of sp³-hybridized carbons (Fsp3) is 0.133. The molecule has 0 aliphatic heterocycles. The van der Waals surface area contributed by atoms with Gasteiger partial charge in [0, 0.05) is 6.20 Å². The number of rotatable bonds is 4. The second-order valence-electron chi connectivity index (χ2n) is 4.24. The van der Waals surface area contributed by atoms with Crippen molar-refractivity contribution in [1.29, 1.82) is 0 Å². The van der Waals surface area contributed by atoms with Gasteiger partial charge < -0.3 is 9.84 Å². The average Bonchev–Trinajstić information content (AvgIpc) is 2.46. The first-order valence-corrected chi connectivity index (χ1v) is 5.92. The number of benzene rings is 1. The Morgan fingerprint density at radius 2 is 1.95 bits per heavy atom. The second kappa shape index (κ2) is 5.52. The Morgan fingerprint density at radius 1 is 1.20 bits per heavy atom. The maximum absolute atomic E-state index is 12.5. The lowest BCUT2D eigenvalue weighted by molar-refractivity contribution is 0.0686. The number of methoxy groups -OCH3 is 1. The van der Waals surface area contributed by atoms with E-state index in [0.717, 1.165) is 5.56 Å². The first-order valence-electron chi connectivity index (χ1n) is 5.92. The number of carboxylic acids is 1. The van der Waals surface area contributed by atoms with E-state index < -0.39 is 11.8 Å². The smallest absolute Gasteiger partial charge is 0.355 e. The molecule has 5 nitrogen and oxygen atoms in total. The molecule has 0 radical (unpaired) electrons. The Kier molecular flexibility index (Phi) is 3.79. The fourth-order valence-corrected chi connectivity index (χ4v) is 1.89. The summed E-state index contributed by atoms with van der Waals surface area (Å²) in [6.45, 7) is 1.88. The number of nitrogens with zero attached hydrogens (tertiary/aromatic N) is 1. The lowest BCUT2D eigenvalue weighted by Crippen LogP contribution is -2.12. The van der Waals surface area contributed by atoms with Crippen molar-refractivity contribution in [1.82, 2.24) is 4.98 Å². The van der Waals surface area contributed by atoms with Gasteiger partial charge in [-0.15, -0.1) is 0 Å². The summed E-state index contributed by atoms with van der Waals surface area (Å²) in [4.78, 5) is 27.3. The molecular weight excluding hydrogens is 258 g/mol. The third-order valence-corrected chi connectivity index (χ3v) is 2.86. The Morgan fingerprint density at radius 3 is 2.60 bits per heavy atom. The molecule has 0 fully saturated rings. The van der Waals surface area contributed by atoms with Crippen LogP contribution in [0.5, 0.6) is 5.75 Å². The van der Waals surface area contributed by atoms with Crippen molar-refractivity contribution in [2.75, 3.05) is 7.11 Å². The molecule has 0 amide bonds. The standard InChI is InChI=1S/C15H13NO4/c1-9-5-6-10(12(8-9)20-2)14(17)11-4-3-7-16-13(11)15(18)19/h3-8H,1-2H3,(H,18,19). The molecule has 1 heterocycles. The first-order chi connectivity index (χ1) is 9.54.